The third-order valence-electron chi connectivity index (χ3n) is 6.53. The van der Waals surface area contributed by atoms with Crippen LogP contribution in [0.4, 0.5) is 5.69 Å². The minimum Gasteiger partial charge on any atom is -0.540 e. The van der Waals surface area contributed by atoms with E-state index in [1.54, 1.807) is 0 Å². The molecular formula is C23H36N2O6Si. The quantitative estimate of drug-likeness (QED) is 0.241. The van der Waals surface area contributed by atoms with Crippen LogP contribution in [0.15, 0.2) is 24.3 Å². The fourth-order valence-electron chi connectivity index (χ4n) is 5.09. The van der Waals surface area contributed by atoms with Crippen LogP contribution in [-0.2, 0) is 0 Å². The molecule has 0 aliphatic carbocycles. The van der Waals surface area contributed by atoms with Gasteiger partial charge in [0.2, 0.25) is 0 Å². The minimum absolute atomic E-state index is 0.0849. The van der Waals surface area contributed by atoms with E-state index >= 15 is 0 Å². The van der Waals surface area contributed by atoms with E-state index in [9.17, 15) is 20.0 Å². The van der Waals surface area contributed by atoms with Crippen molar-refractivity contribution in [1.82, 2.24) is 4.90 Å². The molecule has 1 aliphatic rings. The van der Waals surface area contributed by atoms with E-state index in [-0.39, 0.29) is 46.8 Å². The van der Waals surface area contributed by atoms with Crippen molar-refractivity contribution in [3.05, 3.63) is 40.0 Å². The van der Waals surface area contributed by atoms with Crippen LogP contribution in [0.1, 0.15) is 58.3 Å². The summed E-state index contributed by atoms with van der Waals surface area (Å²) in [4.78, 5) is 26.1. The van der Waals surface area contributed by atoms with E-state index in [0.717, 1.165) is 5.57 Å². The molecule has 1 fully saturated rings. The third-order valence-corrected chi connectivity index (χ3v) is 12.5. The molecule has 1 aromatic rings. The van der Waals surface area contributed by atoms with Crippen LogP contribution in [0.3, 0.4) is 0 Å². The Labute approximate surface area is 191 Å². The molecule has 0 unspecified atom stereocenters. The number of likely N-dealkylation sites (tertiary alicyclic amines) is 1. The number of carbonyl (C=O) groups excluding carboxylic acids is 1. The number of aliphatic hydroxyl groups excluding tert-OH is 1. The first kappa shape index (κ1) is 25.9. The summed E-state index contributed by atoms with van der Waals surface area (Å²) in [6, 6.07) is 2.27. The summed E-state index contributed by atoms with van der Waals surface area (Å²) in [7, 11) is -0.954. The van der Waals surface area contributed by atoms with E-state index < -0.39 is 25.2 Å². The predicted molar refractivity (Wildman–Crippen MR) is 127 cm³/mol. The molecular weight excluding hydrogens is 428 g/mol. The highest BCUT2D eigenvalue weighted by Gasteiger charge is 2.48. The number of methoxy groups -OCH3 is 1. The van der Waals surface area contributed by atoms with Gasteiger partial charge in [-0.25, -0.2) is 0 Å². The average molecular weight is 465 g/mol. The van der Waals surface area contributed by atoms with Gasteiger partial charge in [-0.05, 0) is 23.0 Å². The number of nitro benzene ring substituents is 1. The molecule has 1 saturated heterocycles. The number of carbonyl (C=O) groups is 1. The molecule has 32 heavy (non-hydrogen) atoms. The molecule has 1 aliphatic heterocycles. The maximum absolute atomic E-state index is 13.3. The molecule has 0 aromatic heterocycles. The highest BCUT2D eigenvalue weighted by Crippen LogP contribution is 2.46. The molecule has 1 heterocycles. The SMILES string of the molecule is C=C1C[C@@H](CO)N(C(=O)c2cc(OC)c(O[Si](C(C)C)(C(C)C)C(C)C)cc2[N+](=O)[O-])C1. The molecule has 178 valence electrons. The van der Waals surface area contributed by atoms with Crippen LogP contribution in [0.2, 0.25) is 16.6 Å². The first-order valence-electron chi connectivity index (χ1n) is 11.0. The Balaban J connectivity index is 2.62. The number of nitro groups is 1. The van der Waals surface area contributed by atoms with Crippen LogP contribution < -0.4 is 9.16 Å². The van der Waals surface area contributed by atoms with Gasteiger partial charge in [0.1, 0.15) is 5.56 Å². The van der Waals surface area contributed by atoms with Crippen LogP contribution in [0, 0.1) is 10.1 Å². The number of nitrogens with zero attached hydrogens (tertiary/aromatic N) is 2. The van der Waals surface area contributed by atoms with Crippen molar-refractivity contribution in [3.8, 4) is 11.5 Å². The predicted octanol–water partition coefficient (Wildman–Crippen LogP) is 4.92. The Morgan fingerprint density at radius 3 is 2.22 bits per heavy atom. The molecule has 0 radical (unpaired) electrons. The van der Waals surface area contributed by atoms with Gasteiger partial charge in [0.15, 0.2) is 11.5 Å². The van der Waals surface area contributed by atoms with Crippen LogP contribution in [0.5, 0.6) is 11.5 Å². The van der Waals surface area contributed by atoms with Gasteiger partial charge in [0, 0.05) is 12.6 Å². The summed E-state index contributed by atoms with van der Waals surface area (Å²) < 4.78 is 12.2. The first-order valence-corrected chi connectivity index (χ1v) is 13.2. The van der Waals surface area contributed by atoms with E-state index in [1.807, 2.05) is 0 Å². The second-order valence-corrected chi connectivity index (χ2v) is 14.8. The molecule has 1 N–H and O–H groups in total. The molecule has 0 spiro atoms. The number of benzene rings is 1. The van der Waals surface area contributed by atoms with Gasteiger partial charge < -0.3 is 19.2 Å². The minimum atomic E-state index is -2.41. The van der Waals surface area contributed by atoms with Crippen molar-refractivity contribution in [3.63, 3.8) is 0 Å². The second kappa shape index (κ2) is 10.0. The normalized spacial score (nSPS) is 16.9. The van der Waals surface area contributed by atoms with Gasteiger partial charge in [-0.2, -0.15) is 0 Å². The van der Waals surface area contributed by atoms with Gasteiger partial charge in [0.25, 0.3) is 19.9 Å². The van der Waals surface area contributed by atoms with Crippen LogP contribution >= 0.6 is 0 Å². The fourth-order valence-corrected chi connectivity index (χ4v) is 10.3. The molecule has 1 atom stereocenters. The van der Waals surface area contributed by atoms with Crippen LogP contribution in [0.25, 0.3) is 0 Å². The smallest absolute Gasteiger partial charge is 0.286 e. The number of hydrogen-bond donors (Lipinski definition) is 1. The van der Waals surface area contributed by atoms with E-state index in [0.29, 0.717) is 12.2 Å². The fraction of sp³-hybridized carbons (Fsp3) is 0.609. The zero-order valence-corrected chi connectivity index (χ0v) is 21.2. The maximum atomic E-state index is 13.3. The summed E-state index contributed by atoms with van der Waals surface area (Å²) in [5, 5.41) is 21.6. The lowest BCUT2D eigenvalue weighted by molar-refractivity contribution is -0.385. The van der Waals surface area contributed by atoms with Gasteiger partial charge in [0.05, 0.1) is 30.7 Å². The molecule has 1 aromatic carbocycles. The Morgan fingerprint density at radius 1 is 1.22 bits per heavy atom. The average Bonchev–Trinajstić information content (AvgIpc) is 3.10. The number of rotatable bonds is 9. The molecule has 8 nitrogen and oxygen atoms in total. The van der Waals surface area contributed by atoms with Gasteiger partial charge in [-0.1, -0.05) is 53.7 Å². The van der Waals surface area contributed by atoms with Gasteiger partial charge in [-0.3, -0.25) is 14.9 Å². The van der Waals surface area contributed by atoms with Crippen molar-refractivity contribution in [2.24, 2.45) is 0 Å². The number of aliphatic hydroxyl groups is 1. The van der Waals surface area contributed by atoms with Crippen molar-refractivity contribution in [2.75, 3.05) is 20.3 Å². The summed E-state index contributed by atoms with van der Waals surface area (Å²) in [5.41, 5.74) is 1.15. The highest BCUT2D eigenvalue weighted by molar-refractivity contribution is 6.78. The molecule has 1 amide bonds. The maximum Gasteiger partial charge on any atom is 0.286 e. The standard InChI is InChI=1S/C23H36N2O6Si/c1-14(2)32(15(3)4,16(5)6)31-22-11-20(25(28)29)19(10-21(22)30-8)23(27)24-12-17(7)9-18(24)13-26/h10-11,14-16,18,26H,7,9,12-13H2,1-6,8H3/t18-/m0/s1. The first-order chi connectivity index (χ1) is 14.9. The van der Waals surface area contributed by atoms with Crippen LogP contribution in [-0.4, -0.2) is 55.5 Å². The zero-order chi connectivity index (χ0) is 24.4. The van der Waals surface area contributed by atoms with Crippen molar-refractivity contribution < 1.29 is 24.0 Å². The van der Waals surface area contributed by atoms with E-state index in [1.165, 1.54) is 24.1 Å². The van der Waals surface area contributed by atoms with Crippen molar-refractivity contribution in [2.45, 2.75) is 70.6 Å². The lowest BCUT2D eigenvalue weighted by Gasteiger charge is -2.42. The largest absolute Gasteiger partial charge is 0.540 e. The summed E-state index contributed by atoms with van der Waals surface area (Å²) in [6.07, 6.45) is 0.472. The molecule has 2 rings (SSSR count). The Hall–Kier alpha value is -2.39. The van der Waals surface area contributed by atoms with Gasteiger partial charge in [-0.15, -0.1) is 0 Å². The number of ether oxygens (including phenoxy) is 1. The Bertz CT molecular complexity index is 862. The molecule has 9 heteroatoms. The lowest BCUT2D eigenvalue weighted by Crippen LogP contribution is -2.50. The summed E-state index contributed by atoms with van der Waals surface area (Å²) >= 11 is 0. The monoisotopic (exact) mass is 464 g/mol. The Morgan fingerprint density at radius 2 is 1.78 bits per heavy atom. The van der Waals surface area contributed by atoms with Crippen molar-refractivity contribution >= 4 is 19.9 Å². The summed E-state index contributed by atoms with van der Waals surface area (Å²) in [6.45, 7) is 16.7. The van der Waals surface area contributed by atoms with E-state index in [2.05, 4.69) is 48.1 Å². The Kier molecular flexibility index (Phi) is 8.11. The molecule has 0 bridgehead atoms. The van der Waals surface area contributed by atoms with E-state index in [4.69, 9.17) is 9.16 Å². The zero-order valence-electron chi connectivity index (χ0n) is 20.2. The topological polar surface area (TPSA) is 102 Å². The highest BCUT2D eigenvalue weighted by atomic mass is 28.4. The number of amides is 1. The third kappa shape index (κ3) is 4.68. The van der Waals surface area contributed by atoms with Crippen molar-refractivity contribution in [1.29, 1.82) is 0 Å². The molecule has 0 saturated carbocycles. The second-order valence-electron chi connectivity index (χ2n) is 9.42. The summed E-state index contributed by atoms with van der Waals surface area (Å²) in [5.74, 6) is 0.0544. The lowest BCUT2D eigenvalue weighted by atomic mass is 10.1. The number of hydrogen-bond acceptors (Lipinski definition) is 6. The van der Waals surface area contributed by atoms with Gasteiger partial charge >= 0.3 is 0 Å².